The molecule has 0 fully saturated rings. The first kappa shape index (κ1) is 14.0. The van der Waals surface area contributed by atoms with Crippen LogP contribution < -0.4 is 5.32 Å². The summed E-state index contributed by atoms with van der Waals surface area (Å²) in [6.45, 7) is 3.89. The Morgan fingerprint density at radius 1 is 1.19 bits per heavy atom. The third-order valence-electron chi connectivity index (χ3n) is 3.53. The van der Waals surface area contributed by atoms with E-state index in [4.69, 9.17) is 0 Å². The van der Waals surface area contributed by atoms with Crippen molar-refractivity contribution in [2.45, 2.75) is 26.3 Å². The van der Waals surface area contributed by atoms with Gasteiger partial charge in [-0.1, -0.05) is 6.07 Å². The lowest BCUT2D eigenvalue weighted by Crippen LogP contribution is -2.15. The zero-order chi connectivity index (χ0) is 14.5. The molecule has 110 valence electrons. The topological polar surface area (TPSA) is 69.4 Å². The van der Waals surface area contributed by atoms with Crippen LogP contribution >= 0.6 is 11.3 Å². The number of H-pyrrole nitrogens is 2. The van der Waals surface area contributed by atoms with Gasteiger partial charge in [-0.25, -0.2) is 0 Å². The Morgan fingerprint density at radius 3 is 2.81 bits per heavy atom. The van der Waals surface area contributed by atoms with Crippen LogP contribution in [0.1, 0.15) is 23.2 Å². The van der Waals surface area contributed by atoms with Crippen LogP contribution in [0.25, 0.3) is 10.6 Å². The van der Waals surface area contributed by atoms with Gasteiger partial charge in [0.05, 0.1) is 23.0 Å². The highest BCUT2D eigenvalue weighted by atomic mass is 32.1. The second kappa shape index (κ2) is 6.69. The molecule has 3 N–H and O–H groups in total. The van der Waals surface area contributed by atoms with Crippen LogP contribution in [0.4, 0.5) is 0 Å². The Hall–Kier alpha value is -1.92. The molecule has 0 saturated carbocycles. The fourth-order valence-electron chi connectivity index (χ4n) is 2.33. The zero-order valence-electron chi connectivity index (χ0n) is 12.0. The fraction of sp³-hybridized carbons (Fsp3) is 0.333. The highest BCUT2D eigenvalue weighted by molar-refractivity contribution is 7.13. The Bertz CT molecular complexity index is 668. The van der Waals surface area contributed by atoms with Gasteiger partial charge in [-0.05, 0) is 43.3 Å². The molecule has 0 aromatic carbocycles. The number of nitrogens with one attached hydrogen (secondary N) is 3. The van der Waals surface area contributed by atoms with Gasteiger partial charge < -0.3 is 5.32 Å². The van der Waals surface area contributed by atoms with Crippen molar-refractivity contribution in [3.63, 3.8) is 0 Å². The van der Waals surface area contributed by atoms with Crippen LogP contribution in [-0.2, 0) is 13.0 Å². The minimum Gasteiger partial charge on any atom is -0.313 e. The number of aryl methyl sites for hydroxylation is 2. The summed E-state index contributed by atoms with van der Waals surface area (Å²) in [6, 6.07) is 4.18. The Kier molecular flexibility index (Phi) is 4.47. The molecular formula is C15H19N5S. The normalized spacial score (nSPS) is 11.1. The zero-order valence-corrected chi connectivity index (χ0v) is 12.8. The molecule has 3 rings (SSSR count). The fourth-order valence-corrected chi connectivity index (χ4v) is 3.09. The van der Waals surface area contributed by atoms with Crippen molar-refractivity contribution in [2.75, 3.05) is 6.54 Å². The lowest BCUT2D eigenvalue weighted by atomic mass is 10.1. The summed E-state index contributed by atoms with van der Waals surface area (Å²) >= 11 is 1.73. The van der Waals surface area contributed by atoms with Crippen molar-refractivity contribution in [1.82, 2.24) is 25.7 Å². The number of hydrogen-bond acceptors (Lipinski definition) is 4. The van der Waals surface area contributed by atoms with E-state index in [1.54, 1.807) is 11.3 Å². The summed E-state index contributed by atoms with van der Waals surface area (Å²) in [6.07, 6.45) is 5.98. The third-order valence-corrected chi connectivity index (χ3v) is 4.42. The summed E-state index contributed by atoms with van der Waals surface area (Å²) in [7, 11) is 0. The van der Waals surface area contributed by atoms with Crippen LogP contribution in [0.5, 0.6) is 0 Å². The average molecular weight is 301 g/mol. The molecule has 21 heavy (non-hydrogen) atoms. The lowest BCUT2D eigenvalue weighted by Gasteiger charge is -2.04. The molecular weight excluding hydrogens is 282 g/mol. The minimum atomic E-state index is 0.841. The second-order valence-corrected chi connectivity index (χ2v) is 6.00. The second-order valence-electron chi connectivity index (χ2n) is 5.05. The van der Waals surface area contributed by atoms with Crippen LogP contribution in [0, 0.1) is 6.92 Å². The van der Waals surface area contributed by atoms with Crippen LogP contribution in [-0.4, -0.2) is 26.9 Å². The van der Waals surface area contributed by atoms with Gasteiger partial charge in [0.25, 0.3) is 0 Å². The molecule has 0 bridgehead atoms. The Labute approximate surface area is 127 Å². The molecule has 6 heteroatoms. The Balaban J connectivity index is 1.46. The van der Waals surface area contributed by atoms with E-state index in [-0.39, 0.29) is 0 Å². The van der Waals surface area contributed by atoms with Gasteiger partial charge in [-0.2, -0.15) is 10.2 Å². The van der Waals surface area contributed by atoms with E-state index >= 15 is 0 Å². The van der Waals surface area contributed by atoms with Gasteiger partial charge in [0, 0.05) is 17.8 Å². The maximum Gasteiger partial charge on any atom is 0.0794 e. The number of nitrogens with zero attached hydrogens (tertiary/aromatic N) is 2. The van der Waals surface area contributed by atoms with Crippen molar-refractivity contribution in [1.29, 1.82) is 0 Å². The van der Waals surface area contributed by atoms with E-state index in [1.165, 1.54) is 21.7 Å². The summed E-state index contributed by atoms with van der Waals surface area (Å²) in [5.41, 5.74) is 4.82. The molecule has 3 aromatic rings. The van der Waals surface area contributed by atoms with Crippen molar-refractivity contribution < 1.29 is 0 Å². The van der Waals surface area contributed by atoms with E-state index in [1.807, 2.05) is 12.4 Å². The first-order chi connectivity index (χ1) is 10.3. The van der Waals surface area contributed by atoms with Gasteiger partial charge >= 0.3 is 0 Å². The van der Waals surface area contributed by atoms with E-state index in [2.05, 4.69) is 50.1 Å². The quantitative estimate of drug-likeness (QED) is 0.588. The molecule has 0 radical (unpaired) electrons. The smallest absolute Gasteiger partial charge is 0.0794 e. The van der Waals surface area contributed by atoms with E-state index < -0.39 is 0 Å². The van der Waals surface area contributed by atoms with Crippen LogP contribution in [0.2, 0.25) is 0 Å². The monoisotopic (exact) mass is 301 g/mol. The van der Waals surface area contributed by atoms with Gasteiger partial charge in [0.2, 0.25) is 0 Å². The van der Waals surface area contributed by atoms with E-state index in [0.29, 0.717) is 0 Å². The van der Waals surface area contributed by atoms with Crippen molar-refractivity contribution >= 4 is 11.3 Å². The lowest BCUT2D eigenvalue weighted by molar-refractivity contribution is 0.649. The standard InChI is InChI=1S/C15H19N5S/c1-11-12(9-17-19-11)4-2-6-16-8-13-10-18-20-15(13)14-5-3-7-21-14/h3,5,7,9-10,16H,2,4,6,8H2,1H3,(H,17,19)(H,18,20). The summed E-state index contributed by atoms with van der Waals surface area (Å²) < 4.78 is 0. The highest BCUT2D eigenvalue weighted by Gasteiger charge is 2.08. The van der Waals surface area contributed by atoms with Crippen LogP contribution in [0.15, 0.2) is 29.9 Å². The molecule has 5 nitrogen and oxygen atoms in total. The molecule has 0 aliphatic rings. The summed E-state index contributed by atoms with van der Waals surface area (Å²) in [5.74, 6) is 0. The van der Waals surface area contributed by atoms with Gasteiger partial charge in [-0.15, -0.1) is 11.3 Å². The number of aromatic amines is 2. The maximum atomic E-state index is 4.16. The van der Waals surface area contributed by atoms with Crippen molar-refractivity contribution in [3.8, 4) is 10.6 Å². The molecule has 3 heterocycles. The SMILES string of the molecule is Cc1[nH]ncc1CCCNCc1cn[nH]c1-c1cccs1. The van der Waals surface area contributed by atoms with E-state index in [9.17, 15) is 0 Å². The molecule has 0 saturated heterocycles. The summed E-state index contributed by atoms with van der Waals surface area (Å²) in [5, 5.41) is 19.8. The molecule has 0 unspecified atom stereocenters. The molecule has 0 aliphatic heterocycles. The first-order valence-electron chi connectivity index (χ1n) is 7.10. The molecule has 0 amide bonds. The maximum absolute atomic E-state index is 4.16. The van der Waals surface area contributed by atoms with Gasteiger partial charge in [0.1, 0.15) is 0 Å². The predicted molar refractivity (Wildman–Crippen MR) is 85.3 cm³/mol. The molecule has 0 aliphatic carbocycles. The number of rotatable bonds is 7. The number of thiophene rings is 1. The molecule has 3 aromatic heterocycles. The summed E-state index contributed by atoms with van der Waals surface area (Å²) in [4.78, 5) is 1.23. The van der Waals surface area contributed by atoms with Crippen molar-refractivity contribution in [3.05, 3.63) is 46.7 Å². The number of aromatic nitrogens is 4. The van der Waals surface area contributed by atoms with E-state index in [0.717, 1.165) is 31.6 Å². The predicted octanol–water partition coefficient (Wildman–Crippen LogP) is 2.89. The Morgan fingerprint density at radius 2 is 2.05 bits per heavy atom. The van der Waals surface area contributed by atoms with Crippen LogP contribution in [0.3, 0.4) is 0 Å². The van der Waals surface area contributed by atoms with Gasteiger partial charge in [-0.3, -0.25) is 10.2 Å². The molecule has 0 atom stereocenters. The van der Waals surface area contributed by atoms with Crippen molar-refractivity contribution in [2.24, 2.45) is 0 Å². The highest BCUT2D eigenvalue weighted by Crippen LogP contribution is 2.25. The van der Waals surface area contributed by atoms with Gasteiger partial charge in [0.15, 0.2) is 0 Å². The first-order valence-corrected chi connectivity index (χ1v) is 7.98. The largest absolute Gasteiger partial charge is 0.313 e. The third kappa shape index (κ3) is 3.40. The minimum absolute atomic E-state index is 0.841. The average Bonchev–Trinajstić information content (AvgIpc) is 3.19. The molecule has 0 spiro atoms. The number of hydrogen-bond donors (Lipinski definition) is 3.